The van der Waals surface area contributed by atoms with E-state index in [-0.39, 0.29) is 0 Å². The van der Waals surface area contributed by atoms with Crippen LogP contribution >= 0.6 is 0 Å². The standard InChI is InChI=1S/C13H27N3/c1-11-6-7-12(15(11)3)8-9-13-5-4-10-16(13)14-2/h11-14H,4-10H2,1-3H3. The smallest absolute Gasteiger partial charge is 0.0244 e. The number of rotatable bonds is 4. The monoisotopic (exact) mass is 225 g/mol. The zero-order valence-corrected chi connectivity index (χ0v) is 11.1. The van der Waals surface area contributed by atoms with Gasteiger partial charge < -0.3 is 4.90 Å². The number of hydrogen-bond acceptors (Lipinski definition) is 3. The second-order valence-corrected chi connectivity index (χ2v) is 5.54. The van der Waals surface area contributed by atoms with Gasteiger partial charge in [0.2, 0.25) is 0 Å². The van der Waals surface area contributed by atoms with E-state index >= 15 is 0 Å². The van der Waals surface area contributed by atoms with Crippen molar-refractivity contribution in [1.82, 2.24) is 15.3 Å². The van der Waals surface area contributed by atoms with Crippen molar-refractivity contribution in [2.24, 2.45) is 0 Å². The largest absolute Gasteiger partial charge is 0.301 e. The molecule has 16 heavy (non-hydrogen) atoms. The molecule has 3 nitrogen and oxygen atoms in total. The van der Waals surface area contributed by atoms with Crippen LogP contribution in [0, 0.1) is 0 Å². The summed E-state index contributed by atoms with van der Waals surface area (Å²) in [5, 5.41) is 2.43. The van der Waals surface area contributed by atoms with Gasteiger partial charge in [0.1, 0.15) is 0 Å². The molecule has 2 heterocycles. The van der Waals surface area contributed by atoms with Crippen LogP contribution in [0.15, 0.2) is 0 Å². The molecule has 2 rings (SSSR count). The van der Waals surface area contributed by atoms with Crippen molar-refractivity contribution in [2.45, 2.75) is 63.6 Å². The number of likely N-dealkylation sites (tertiary alicyclic amines) is 1. The van der Waals surface area contributed by atoms with Crippen molar-refractivity contribution in [3.05, 3.63) is 0 Å². The molecule has 1 N–H and O–H groups in total. The van der Waals surface area contributed by atoms with E-state index in [1.807, 2.05) is 0 Å². The van der Waals surface area contributed by atoms with Gasteiger partial charge in [0, 0.05) is 24.7 Å². The Kier molecular flexibility index (Phi) is 4.22. The normalized spacial score (nSPS) is 37.3. The molecule has 0 spiro atoms. The van der Waals surface area contributed by atoms with E-state index in [0.29, 0.717) is 0 Å². The Morgan fingerprint density at radius 1 is 1.12 bits per heavy atom. The van der Waals surface area contributed by atoms with E-state index in [4.69, 9.17) is 0 Å². The second-order valence-electron chi connectivity index (χ2n) is 5.54. The minimum absolute atomic E-state index is 0.786. The van der Waals surface area contributed by atoms with Gasteiger partial charge in [0.05, 0.1) is 0 Å². The maximum absolute atomic E-state index is 3.33. The van der Waals surface area contributed by atoms with Gasteiger partial charge in [-0.2, -0.15) is 0 Å². The van der Waals surface area contributed by atoms with Gasteiger partial charge in [-0.15, -0.1) is 0 Å². The van der Waals surface area contributed by atoms with Gasteiger partial charge in [-0.25, -0.2) is 5.01 Å². The summed E-state index contributed by atoms with van der Waals surface area (Å²) >= 11 is 0. The van der Waals surface area contributed by atoms with Crippen LogP contribution < -0.4 is 5.43 Å². The topological polar surface area (TPSA) is 18.5 Å². The van der Waals surface area contributed by atoms with Gasteiger partial charge in [-0.05, 0) is 59.5 Å². The number of nitrogens with one attached hydrogen (secondary N) is 1. The molecule has 3 unspecified atom stereocenters. The predicted molar refractivity (Wildman–Crippen MR) is 68.3 cm³/mol. The number of hydrogen-bond donors (Lipinski definition) is 1. The fourth-order valence-electron chi connectivity index (χ4n) is 3.36. The first kappa shape index (κ1) is 12.3. The summed E-state index contributed by atoms with van der Waals surface area (Å²) in [5.41, 5.74) is 3.33. The first-order chi connectivity index (χ1) is 7.72. The van der Waals surface area contributed by atoms with E-state index in [2.05, 4.69) is 36.4 Å². The first-order valence-electron chi connectivity index (χ1n) is 6.88. The molecule has 3 atom stereocenters. The Balaban J connectivity index is 1.75. The lowest BCUT2D eigenvalue weighted by Crippen LogP contribution is -2.40. The minimum Gasteiger partial charge on any atom is -0.301 e. The Morgan fingerprint density at radius 3 is 2.50 bits per heavy atom. The van der Waals surface area contributed by atoms with Crippen LogP contribution in [0.5, 0.6) is 0 Å². The highest BCUT2D eigenvalue weighted by atomic mass is 15.5. The zero-order chi connectivity index (χ0) is 11.5. The van der Waals surface area contributed by atoms with Crippen molar-refractivity contribution in [1.29, 1.82) is 0 Å². The molecule has 0 radical (unpaired) electrons. The number of nitrogens with zero attached hydrogens (tertiary/aromatic N) is 2. The molecule has 0 aliphatic carbocycles. The zero-order valence-electron chi connectivity index (χ0n) is 11.1. The molecule has 0 aromatic rings. The van der Waals surface area contributed by atoms with E-state index in [0.717, 1.165) is 18.1 Å². The molecule has 0 aromatic carbocycles. The minimum atomic E-state index is 0.786. The predicted octanol–water partition coefficient (Wildman–Crippen LogP) is 1.85. The van der Waals surface area contributed by atoms with Gasteiger partial charge in [-0.1, -0.05) is 0 Å². The summed E-state index contributed by atoms with van der Waals surface area (Å²) in [5.74, 6) is 0. The average Bonchev–Trinajstić information content (AvgIpc) is 2.86. The Morgan fingerprint density at radius 2 is 1.88 bits per heavy atom. The maximum Gasteiger partial charge on any atom is 0.0244 e. The molecule has 2 aliphatic rings. The third-order valence-electron chi connectivity index (χ3n) is 4.69. The van der Waals surface area contributed by atoms with Crippen LogP contribution in [0.1, 0.15) is 45.4 Å². The van der Waals surface area contributed by atoms with Gasteiger partial charge in [0.15, 0.2) is 0 Å². The second kappa shape index (κ2) is 5.48. The highest BCUT2D eigenvalue weighted by molar-refractivity contribution is 4.85. The maximum atomic E-state index is 3.33. The lowest BCUT2D eigenvalue weighted by Gasteiger charge is -2.27. The van der Waals surface area contributed by atoms with Crippen LogP contribution in [0.3, 0.4) is 0 Å². The average molecular weight is 225 g/mol. The molecule has 0 aromatic heterocycles. The summed E-state index contributed by atoms with van der Waals surface area (Å²) in [6.07, 6.45) is 8.28. The van der Waals surface area contributed by atoms with E-state index in [1.165, 1.54) is 45.1 Å². The van der Waals surface area contributed by atoms with E-state index < -0.39 is 0 Å². The van der Waals surface area contributed by atoms with Crippen molar-refractivity contribution in [3.8, 4) is 0 Å². The van der Waals surface area contributed by atoms with Crippen LogP contribution in [-0.4, -0.2) is 48.7 Å². The molecule has 0 bridgehead atoms. The quantitative estimate of drug-likeness (QED) is 0.788. The highest BCUT2D eigenvalue weighted by Crippen LogP contribution is 2.27. The Hall–Kier alpha value is -0.120. The Bertz CT molecular complexity index is 215. The molecule has 2 saturated heterocycles. The van der Waals surface area contributed by atoms with E-state index in [1.54, 1.807) is 0 Å². The summed E-state index contributed by atoms with van der Waals surface area (Å²) in [7, 11) is 4.36. The van der Waals surface area contributed by atoms with Crippen LogP contribution in [-0.2, 0) is 0 Å². The molecule has 0 saturated carbocycles. The molecular weight excluding hydrogens is 198 g/mol. The van der Waals surface area contributed by atoms with Crippen molar-refractivity contribution in [3.63, 3.8) is 0 Å². The number of hydrazine groups is 1. The third kappa shape index (κ3) is 2.58. The molecular formula is C13H27N3. The van der Waals surface area contributed by atoms with Crippen LogP contribution in [0.2, 0.25) is 0 Å². The molecule has 2 aliphatic heterocycles. The van der Waals surface area contributed by atoms with Crippen molar-refractivity contribution < 1.29 is 0 Å². The first-order valence-corrected chi connectivity index (χ1v) is 6.88. The SMILES string of the molecule is CNN1CCCC1CCC1CCC(C)N1C. The summed E-state index contributed by atoms with van der Waals surface area (Å²) in [4.78, 5) is 2.58. The fraction of sp³-hybridized carbons (Fsp3) is 1.00. The van der Waals surface area contributed by atoms with E-state index in [9.17, 15) is 0 Å². The Labute approximate surface area is 100 Å². The van der Waals surface area contributed by atoms with Gasteiger partial charge in [-0.3, -0.25) is 5.43 Å². The fourth-order valence-corrected chi connectivity index (χ4v) is 3.36. The highest BCUT2D eigenvalue weighted by Gasteiger charge is 2.29. The molecule has 0 amide bonds. The lowest BCUT2D eigenvalue weighted by molar-refractivity contribution is 0.162. The summed E-state index contributed by atoms with van der Waals surface area (Å²) < 4.78 is 0. The van der Waals surface area contributed by atoms with Crippen LogP contribution in [0.25, 0.3) is 0 Å². The lowest BCUT2D eigenvalue weighted by atomic mass is 10.0. The van der Waals surface area contributed by atoms with Crippen molar-refractivity contribution >= 4 is 0 Å². The molecule has 3 heteroatoms. The summed E-state index contributed by atoms with van der Waals surface area (Å²) in [6.45, 7) is 3.59. The van der Waals surface area contributed by atoms with Crippen molar-refractivity contribution in [2.75, 3.05) is 20.6 Å². The third-order valence-corrected chi connectivity index (χ3v) is 4.69. The molecule has 94 valence electrons. The van der Waals surface area contributed by atoms with Crippen LogP contribution in [0.4, 0.5) is 0 Å². The summed E-state index contributed by atoms with van der Waals surface area (Å²) in [6, 6.07) is 2.43. The van der Waals surface area contributed by atoms with Gasteiger partial charge in [0.25, 0.3) is 0 Å². The van der Waals surface area contributed by atoms with Gasteiger partial charge >= 0.3 is 0 Å². The molecule has 2 fully saturated rings.